The van der Waals surface area contributed by atoms with E-state index in [4.69, 9.17) is 9.84 Å². The third kappa shape index (κ3) is 2.08. The van der Waals surface area contributed by atoms with E-state index >= 15 is 0 Å². The van der Waals surface area contributed by atoms with Gasteiger partial charge in [0, 0.05) is 6.42 Å². The smallest absolute Gasteiger partial charge is 0.109 e. The first kappa shape index (κ1) is 8.73. The average molecular weight is 178 g/mol. The summed E-state index contributed by atoms with van der Waals surface area (Å²) in [6.07, 6.45) is 0.913. The predicted molar refractivity (Wildman–Crippen MR) is 50.4 cm³/mol. The molecule has 0 spiro atoms. The predicted octanol–water partition coefficient (Wildman–Crippen LogP) is 1.90. The molecule has 1 heterocycles. The highest BCUT2D eigenvalue weighted by atomic mass is 16.6. The van der Waals surface area contributed by atoms with E-state index in [9.17, 15) is 0 Å². The van der Waals surface area contributed by atoms with Crippen molar-refractivity contribution >= 4 is 0 Å². The van der Waals surface area contributed by atoms with Gasteiger partial charge in [-0.2, -0.15) is 0 Å². The topological polar surface area (TPSA) is 32.8 Å². The van der Waals surface area contributed by atoms with E-state index in [0.717, 1.165) is 6.42 Å². The van der Waals surface area contributed by atoms with E-state index in [2.05, 4.69) is 12.1 Å². The molecule has 0 radical (unpaired) electrons. The third-order valence-corrected chi connectivity index (χ3v) is 2.28. The molecule has 2 nitrogen and oxygen atoms in total. The van der Waals surface area contributed by atoms with Gasteiger partial charge in [0.25, 0.3) is 0 Å². The quantitative estimate of drug-likeness (QED) is 0.717. The lowest BCUT2D eigenvalue weighted by Crippen LogP contribution is -2.04. The second-order valence-electron chi connectivity index (χ2n) is 3.59. The van der Waals surface area contributed by atoms with E-state index in [1.54, 1.807) is 6.92 Å². The highest BCUT2D eigenvalue weighted by molar-refractivity contribution is 5.22. The van der Waals surface area contributed by atoms with Crippen molar-refractivity contribution in [3.63, 3.8) is 0 Å². The summed E-state index contributed by atoms with van der Waals surface area (Å²) < 4.78 is 5.45. The van der Waals surface area contributed by atoms with Crippen molar-refractivity contribution in [2.75, 3.05) is 0 Å². The summed E-state index contributed by atoms with van der Waals surface area (Å²) in [4.78, 5) is 0. The Hall–Kier alpha value is -0.860. The van der Waals surface area contributed by atoms with Crippen molar-refractivity contribution in [1.29, 1.82) is 0 Å². The molecule has 1 aromatic carbocycles. The minimum atomic E-state index is -0.265. The van der Waals surface area contributed by atoms with Crippen LogP contribution in [-0.4, -0.2) is 17.3 Å². The Bertz CT molecular complexity index is 269. The van der Waals surface area contributed by atoms with Gasteiger partial charge in [-0.15, -0.1) is 0 Å². The molecule has 2 rings (SSSR count). The number of epoxide rings is 1. The summed E-state index contributed by atoms with van der Waals surface area (Å²) in [5.41, 5.74) is 1.22. The second kappa shape index (κ2) is 3.48. The van der Waals surface area contributed by atoms with Gasteiger partial charge in [0.1, 0.15) is 6.10 Å². The molecule has 0 bridgehead atoms. The number of aliphatic hydroxyl groups is 1. The first-order valence-electron chi connectivity index (χ1n) is 4.66. The Balaban J connectivity index is 1.93. The molecule has 0 aliphatic carbocycles. The van der Waals surface area contributed by atoms with Gasteiger partial charge in [-0.25, -0.2) is 0 Å². The first-order valence-corrected chi connectivity index (χ1v) is 4.66. The lowest BCUT2D eigenvalue weighted by atomic mass is 10.1. The molecule has 3 atom stereocenters. The molecule has 1 saturated heterocycles. The van der Waals surface area contributed by atoms with E-state index in [1.165, 1.54) is 5.56 Å². The third-order valence-electron chi connectivity index (χ3n) is 2.28. The monoisotopic (exact) mass is 178 g/mol. The fourth-order valence-electron chi connectivity index (χ4n) is 1.59. The van der Waals surface area contributed by atoms with Crippen molar-refractivity contribution < 1.29 is 9.84 Å². The summed E-state index contributed by atoms with van der Waals surface area (Å²) in [6.45, 7) is 1.80. The Kier molecular flexibility index (Phi) is 2.34. The van der Waals surface area contributed by atoms with Crippen molar-refractivity contribution in [2.24, 2.45) is 0 Å². The van der Waals surface area contributed by atoms with Crippen molar-refractivity contribution in [1.82, 2.24) is 0 Å². The van der Waals surface area contributed by atoms with E-state index in [1.807, 2.05) is 18.2 Å². The van der Waals surface area contributed by atoms with Gasteiger partial charge >= 0.3 is 0 Å². The number of aliphatic hydroxyl groups excluding tert-OH is 1. The molecule has 1 fully saturated rings. The molecule has 1 aromatic rings. The Labute approximate surface area is 78.2 Å². The summed E-state index contributed by atoms with van der Waals surface area (Å²) >= 11 is 0. The average Bonchev–Trinajstić information content (AvgIpc) is 2.84. The molecule has 3 unspecified atom stereocenters. The number of ether oxygens (including phenoxy) is 1. The Morgan fingerprint density at radius 3 is 2.69 bits per heavy atom. The zero-order valence-corrected chi connectivity index (χ0v) is 7.68. The Morgan fingerprint density at radius 1 is 1.38 bits per heavy atom. The molecule has 2 heteroatoms. The van der Waals surface area contributed by atoms with E-state index in [-0.39, 0.29) is 18.3 Å². The van der Waals surface area contributed by atoms with Crippen LogP contribution >= 0.6 is 0 Å². The summed E-state index contributed by atoms with van der Waals surface area (Å²) in [5.74, 6) is 0. The van der Waals surface area contributed by atoms with Gasteiger partial charge in [-0.1, -0.05) is 30.3 Å². The van der Waals surface area contributed by atoms with Crippen LogP contribution < -0.4 is 0 Å². The molecule has 0 amide bonds. The van der Waals surface area contributed by atoms with Crippen LogP contribution in [0, 0.1) is 0 Å². The number of hydrogen-bond acceptors (Lipinski definition) is 2. The molecule has 13 heavy (non-hydrogen) atoms. The molecule has 0 aromatic heterocycles. The van der Waals surface area contributed by atoms with Crippen LogP contribution in [0.25, 0.3) is 0 Å². The SMILES string of the molecule is CC(O)CC1OC1c1ccccc1. The molecular formula is C11H14O2. The normalized spacial score (nSPS) is 28.5. The maximum Gasteiger partial charge on any atom is 0.109 e. The highest BCUT2D eigenvalue weighted by Crippen LogP contribution is 2.41. The zero-order chi connectivity index (χ0) is 9.26. The van der Waals surface area contributed by atoms with Crippen LogP contribution in [0.3, 0.4) is 0 Å². The van der Waals surface area contributed by atoms with Gasteiger partial charge in [0.2, 0.25) is 0 Å². The fourth-order valence-corrected chi connectivity index (χ4v) is 1.59. The highest BCUT2D eigenvalue weighted by Gasteiger charge is 2.40. The van der Waals surface area contributed by atoms with Crippen LogP contribution in [0.1, 0.15) is 25.0 Å². The minimum Gasteiger partial charge on any atom is -0.393 e. The van der Waals surface area contributed by atoms with Crippen LogP contribution in [0.5, 0.6) is 0 Å². The first-order chi connectivity index (χ1) is 6.27. The largest absolute Gasteiger partial charge is 0.393 e. The van der Waals surface area contributed by atoms with Crippen LogP contribution in [-0.2, 0) is 4.74 Å². The maximum absolute atomic E-state index is 9.15. The summed E-state index contributed by atoms with van der Waals surface area (Å²) in [5, 5.41) is 9.15. The van der Waals surface area contributed by atoms with Crippen molar-refractivity contribution in [2.45, 2.75) is 31.7 Å². The van der Waals surface area contributed by atoms with Gasteiger partial charge in [0.05, 0.1) is 12.2 Å². The van der Waals surface area contributed by atoms with Gasteiger partial charge < -0.3 is 9.84 Å². The standard InChI is InChI=1S/C11H14O2/c1-8(12)7-10-11(13-10)9-5-3-2-4-6-9/h2-6,8,10-12H,7H2,1H3. The lowest BCUT2D eigenvalue weighted by Gasteiger charge is -1.98. The van der Waals surface area contributed by atoms with Gasteiger partial charge in [0.15, 0.2) is 0 Å². The molecule has 70 valence electrons. The van der Waals surface area contributed by atoms with E-state index < -0.39 is 0 Å². The molecule has 1 N–H and O–H groups in total. The van der Waals surface area contributed by atoms with Crippen molar-refractivity contribution in [3.8, 4) is 0 Å². The number of rotatable bonds is 3. The molecular weight excluding hydrogens is 164 g/mol. The summed E-state index contributed by atoms with van der Waals surface area (Å²) in [6, 6.07) is 10.1. The molecule has 1 aliphatic rings. The lowest BCUT2D eigenvalue weighted by molar-refractivity contribution is 0.170. The molecule has 0 saturated carbocycles. The zero-order valence-electron chi connectivity index (χ0n) is 7.68. The van der Waals surface area contributed by atoms with Gasteiger partial charge in [-0.05, 0) is 12.5 Å². The maximum atomic E-state index is 9.15. The summed E-state index contributed by atoms with van der Waals surface area (Å²) in [7, 11) is 0. The number of hydrogen-bond donors (Lipinski definition) is 1. The van der Waals surface area contributed by atoms with Gasteiger partial charge in [-0.3, -0.25) is 0 Å². The molecule has 1 aliphatic heterocycles. The minimum absolute atomic E-state index is 0.218. The second-order valence-corrected chi connectivity index (χ2v) is 3.59. The van der Waals surface area contributed by atoms with Crippen molar-refractivity contribution in [3.05, 3.63) is 35.9 Å². The van der Waals surface area contributed by atoms with Crippen LogP contribution in [0.15, 0.2) is 30.3 Å². The Morgan fingerprint density at radius 2 is 2.08 bits per heavy atom. The van der Waals surface area contributed by atoms with Crippen LogP contribution in [0.4, 0.5) is 0 Å². The fraction of sp³-hybridized carbons (Fsp3) is 0.455. The van der Waals surface area contributed by atoms with E-state index in [0.29, 0.717) is 0 Å². The van der Waals surface area contributed by atoms with Crippen LogP contribution in [0.2, 0.25) is 0 Å². The number of benzene rings is 1.